The highest BCUT2D eigenvalue weighted by molar-refractivity contribution is 7.21. The lowest BCUT2D eigenvalue weighted by Crippen LogP contribution is -2.39. The van der Waals surface area contributed by atoms with Gasteiger partial charge < -0.3 is 25.8 Å². The number of alkyl halides is 3. The van der Waals surface area contributed by atoms with E-state index in [9.17, 15) is 28.3 Å². The second-order valence-corrected chi connectivity index (χ2v) is 9.32. The molecule has 0 saturated carbocycles. The van der Waals surface area contributed by atoms with E-state index in [1.54, 1.807) is 24.3 Å². The maximum Gasteiger partial charge on any atom is 0.573 e. The minimum atomic E-state index is -4.90. The van der Waals surface area contributed by atoms with Crippen molar-refractivity contribution in [2.45, 2.75) is 6.36 Å². The molecule has 0 atom stereocenters. The molecule has 0 aliphatic heterocycles. The van der Waals surface area contributed by atoms with Gasteiger partial charge in [0, 0.05) is 28.1 Å². The van der Waals surface area contributed by atoms with Crippen LogP contribution >= 0.6 is 22.9 Å². The van der Waals surface area contributed by atoms with Gasteiger partial charge >= 0.3 is 12.1 Å². The second-order valence-electron chi connectivity index (χ2n) is 7.88. The largest absolute Gasteiger partial charge is 0.573 e. The molecular weight excluding hydrogens is 561 g/mol. The minimum Gasteiger partial charge on any atom is -0.539 e. The number of anilines is 2. The van der Waals surface area contributed by atoms with Crippen molar-refractivity contribution >= 4 is 50.4 Å². The molecule has 0 fully saturated rings. The molecule has 2 aromatic carbocycles. The monoisotopic (exact) mass is 572 g/mol. The molecule has 196 valence electrons. The number of ketones is 1. The molecule has 0 bridgehead atoms. The summed E-state index contributed by atoms with van der Waals surface area (Å²) in [6, 6.07) is 12.7. The van der Waals surface area contributed by atoms with E-state index in [2.05, 4.69) is 19.5 Å². The van der Waals surface area contributed by atoms with Crippen LogP contribution in [-0.2, 0) is 0 Å². The summed E-state index contributed by atoms with van der Waals surface area (Å²) < 4.78 is 46.8. The van der Waals surface area contributed by atoms with Gasteiger partial charge in [0.2, 0.25) is 5.69 Å². The number of carbonyl (C=O) groups excluding carboxylic acids is 1. The highest BCUT2D eigenvalue weighted by Gasteiger charge is 2.34. The van der Waals surface area contributed by atoms with E-state index in [-0.39, 0.29) is 37.8 Å². The van der Waals surface area contributed by atoms with Crippen molar-refractivity contribution in [3.8, 4) is 34.6 Å². The van der Waals surface area contributed by atoms with Gasteiger partial charge in [-0.3, -0.25) is 4.79 Å². The van der Waals surface area contributed by atoms with E-state index in [1.807, 2.05) is 6.07 Å². The van der Waals surface area contributed by atoms with Crippen LogP contribution < -0.4 is 26.0 Å². The number of nitrogens with two attached hydrogens (primary N) is 2. The van der Waals surface area contributed by atoms with E-state index in [0.717, 1.165) is 40.3 Å². The Balaban J connectivity index is 1.64. The molecule has 15 heteroatoms. The van der Waals surface area contributed by atoms with Crippen LogP contribution in [0.5, 0.6) is 11.7 Å². The smallest absolute Gasteiger partial charge is 0.539 e. The Morgan fingerprint density at radius 2 is 1.82 bits per heavy atom. The van der Waals surface area contributed by atoms with Crippen LogP contribution in [0.3, 0.4) is 0 Å². The fourth-order valence-electron chi connectivity index (χ4n) is 3.87. The van der Waals surface area contributed by atoms with E-state index in [0.29, 0.717) is 16.1 Å². The van der Waals surface area contributed by atoms with E-state index in [1.165, 1.54) is 0 Å². The molecule has 0 radical (unpaired) electrons. The van der Waals surface area contributed by atoms with Gasteiger partial charge in [-0.25, -0.2) is 4.98 Å². The van der Waals surface area contributed by atoms with Gasteiger partial charge in [0.05, 0.1) is 11.0 Å². The third-order valence-electron chi connectivity index (χ3n) is 5.50. The number of fused-ring (bicyclic) bond motifs is 1. The molecule has 5 aromatic rings. The number of carbonyl (C=O) groups is 1. The molecule has 5 rings (SSSR count). The maximum atomic E-state index is 13.6. The molecule has 3 aromatic heterocycles. The average molecular weight is 573 g/mol. The quantitative estimate of drug-likeness (QED) is 0.232. The Labute approximate surface area is 225 Å². The molecule has 0 saturated heterocycles. The fourth-order valence-corrected chi connectivity index (χ4v) is 5.05. The van der Waals surface area contributed by atoms with Gasteiger partial charge in [0.1, 0.15) is 32.9 Å². The zero-order chi connectivity index (χ0) is 28.1. The van der Waals surface area contributed by atoms with Crippen LogP contribution in [0.25, 0.3) is 27.0 Å². The number of nitriles is 1. The van der Waals surface area contributed by atoms with Crippen molar-refractivity contribution in [1.29, 1.82) is 5.26 Å². The summed E-state index contributed by atoms with van der Waals surface area (Å²) in [4.78, 5) is 17.9. The molecule has 39 heavy (non-hydrogen) atoms. The zero-order valence-corrected chi connectivity index (χ0v) is 20.7. The summed E-state index contributed by atoms with van der Waals surface area (Å²) in [5, 5.41) is 26.6. The lowest BCUT2D eigenvalue weighted by Gasteiger charge is -2.09. The lowest BCUT2D eigenvalue weighted by atomic mass is 9.97. The van der Waals surface area contributed by atoms with Crippen molar-refractivity contribution in [2.75, 3.05) is 11.5 Å². The molecule has 0 spiro atoms. The standard InChI is InChI=1S/C24H12ClF3N6O4S/c25-11-3-1-10(2-4-11)15-14(9-29)21(31)32-22-16(15)17(30)20(39-22)19(35)18-23(36)38-33-34(18)12-5-7-13(8-6-12)37-24(26,27)28/h1-8H,(H4-,30,31,32,33,35,36). The van der Waals surface area contributed by atoms with Crippen LogP contribution in [0.2, 0.25) is 5.02 Å². The first-order valence-electron chi connectivity index (χ1n) is 10.7. The Bertz CT molecular complexity index is 1790. The molecule has 0 amide bonds. The summed E-state index contributed by atoms with van der Waals surface area (Å²) >= 11 is 6.83. The van der Waals surface area contributed by atoms with Crippen molar-refractivity contribution in [3.63, 3.8) is 0 Å². The van der Waals surface area contributed by atoms with Gasteiger partial charge in [-0.05, 0) is 34.5 Å². The summed E-state index contributed by atoms with van der Waals surface area (Å²) in [5.74, 6) is -2.63. The van der Waals surface area contributed by atoms with E-state index in [4.69, 9.17) is 23.1 Å². The molecule has 0 aliphatic rings. The third kappa shape index (κ3) is 4.65. The third-order valence-corrected chi connectivity index (χ3v) is 6.85. The number of aromatic nitrogens is 3. The van der Waals surface area contributed by atoms with Gasteiger partial charge in [0.15, 0.2) is 5.95 Å². The van der Waals surface area contributed by atoms with Gasteiger partial charge in [0.25, 0.3) is 5.78 Å². The molecule has 0 unspecified atom stereocenters. The molecule has 10 nitrogen and oxygen atoms in total. The van der Waals surface area contributed by atoms with Gasteiger partial charge in [-0.15, -0.1) is 24.5 Å². The Morgan fingerprint density at radius 1 is 1.15 bits per heavy atom. The number of thiophene rings is 1. The predicted molar refractivity (Wildman–Crippen MR) is 131 cm³/mol. The van der Waals surface area contributed by atoms with Gasteiger partial charge in [-0.1, -0.05) is 23.7 Å². The van der Waals surface area contributed by atoms with Crippen molar-refractivity contribution in [2.24, 2.45) is 0 Å². The van der Waals surface area contributed by atoms with E-state index < -0.39 is 29.5 Å². The minimum absolute atomic E-state index is 0.0269. The first-order chi connectivity index (χ1) is 18.5. The first kappa shape index (κ1) is 25.8. The summed E-state index contributed by atoms with van der Waals surface area (Å²) in [7, 11) is 0. The number of nitrogen functional groups attached to an aromatic ring is 2. The highest BCUT2D eigenvalue weighted by atomic mass is 35.5. The summed E-state index contributed by atoms with van der Waals surface area (Å²) in [6.07, 6.45) is -4.90. The number of hydrogen-bond acceptors (Lipinski definition) is 10. The highest BCUT2D eigenvalue weighted by Crippen LogP contribution is 2.43. The van der Waals surface area contributed by atoms with Crippen molar-refractivity contribution in [1.82, 2.24) is 10.3 Å². The lowest BCUT2D eigenvalue weighted by molar-refractivity contribution is -0.672. The fraction of sp³-hybridized carbons (Fsp3) is 0.0417. The van der Waals surface area contributed by atoms with Crippen molar-refractivity contribution < 1.29 is 37.0 Å². The number of nitrogens with zero attached hydrogens (tertiary/aromatic N) is 4. The van der Waals surface area contributed by atoms with Gasteiger partial charge in [-0.2, -0.15) is 5.26 Å². The number of rotatable bonds is 5. The summed E-state index contributed by atoms with van der Waals surface area (Å²) in [6.45, 7) is 0. The number of hydrogen-bond donors (Lipinski definition) is 2. The SMILES string of the molecule is N#Cc1c(N)nc2sc(C(=O)c3c([O-])on[n+]3-c3ccc(OC(F)(F)F)cc3)c(N)c2c1-c1ccc(Cl)cc1. The second kappa shape index (κ2) is 9.46. The Kier molecular flexibility index (Phi) is 6.25. The maximum absolute atomic E-state index is 13.6. The topological polar surface area (TPSA) is 168 Å². The number of benzene rings is 2. The van der Waals surface area contributed by atoms with Crippen LogP contribution in [0.1, 0.15) is 20.9 Å². The molecular formula is C24H12ClF3N6O4S. The number of pyridine rings is 1. The Hall–Kier alpha value is -4.87. The number of halogens is 4. The normalized spacial score (nSPS) is 11.5. The first-order valence-corrected chi connectivity index (χ1v) is 11.8. The average Bonchev–Trinajstić information content (AvgIpc) is 3.42. The van der Waals surface area contributed by atoms with Crippen molar-refractivity contribution in [3.05, 3.63) is 69.7 Å². The zero-order valence-electron chi connectivity index (χ0n) is 19.1. The van der Waals surface area contributed by atoms with Crippen LogP contribution in [0.4, 0.5) is 24.7 Å². The Morgan fingerprint density at radius 3 is 2.44 bits per heavy atom. The predicted octanol–water partition coefficient (Wildman–Crippen LogP) is 4.12. The van der Waals surface area contributed by atoms with E-state index >= 15 is 0 Å². The van der Waals surface area contributed by atoms with Crippen LogP contribution in [0, 0.1) is 11.3 Å². The molecule has 0 aliphatic carbocycles. The molecule has 4 N–H and O–H groups in total. The van der Waals surface area contributed by atoms with Crippen LogP contribution in [-0.4, -0.2) is 22.4 Å². The summed E-state index contributed by atoms with van der Waals surface area (Å²) in [5.41, 5.74) is 12.7. The molecule has 3 heterocycles. The number of ether oxygens (including phenoxy) is 1. The van der Waals surface area contributed by atoms with Crippen LogP contribution in [0.15, 0.2) is 53.1 Å².